The van der Waals surface area contributed by atoms with Gasteiger partial charge in [-0.15, -0.1) is 11.3 Å². The topological polar surface area (TPSA) is 64.6 Å². The lowest BCUT2D eigenvalue weighted by molar-refractivity contribution is -0.120. The fourth-order valence-electron chi connectivity index (χ4n) is 3.50. The van der Waals surface area contributed by atoms with E-state index < -0.39 is 0 Å². The Bertz CT molecular complexity index is 602. The summed E-state index contributed by atoms with van der Waals surface area (Å²) in [4.78, 5) is 26.1. The third-order valence-electron chi connectivity index (χ3n) is 4.76. The fraction of sp³-hybridized carbons (Fsp3) is 0.667. The SMILES string of the molecule is CCOC(=O)c1c(NC(=O)C2CCCCCC2)sc2c1CCOC2. The van der Waals surface area contributed by atoms with E-state index in [2.05, 4.69) is 5.32 Å². The van der Waals surface area contributed by atoms with Crippen LogP contribution in [-0.2, 0) is 27.3 Å². The Morgan fingerprint density at radius 3 is 2.71 bits per heavy atom. The molecule has 0 unspecified atom stereocenters. The maximum Gasteiger partial charge on any atom is 0.341 e. The van der Waals surface area contributed by atoms with E-state index in [1.807, 2.05) is 0 Å². The summed E-state index contributed by atoms with van der Waals surface area (Å²) in [6.45, 7) is 3.23. The molecule has 0 spiro atoms. The highest BCUT2D eigenvalue weighted by molar-refractivity contribution is 7.17. The predicted molar refractivity (Wildman–Crippen MR) is 93.5 cm³/mol. The summed E-state index contributed by atoms with van der Waals surface area (Å²) in [5.41, 5.74) is 1.53. The van der Waals surface area contributed by atoms with E-state index in [1.165, 1.54) is 24.2 Å². The van der Waals surface area contributed by atoms with E-state index in [1.54, 1.807) is 6.92 Å². The Morgan fingerprint density at radius 1 is 1.25 bits per heavy atom. The number of ether oxygens (including phenoxy) is 2. The number of hydrogen-bond donors (Lipinski definition) is 1. The van der Waals surface area contributed by atoms with Gasteiger partial charge in [0, 0.05) is 10.8 Å². The lowest BCUT2D eigenvalue weighted by Crippen LogP contribution is -2.23. The maximum atomic E-state index is 12.7. The van der Waals surface area contributed by atoms with Crippen LogP contribution in [0.4, 0.5) is 5.00 Å². The highest BCUT2D eigenvalue weighted by atomic mass is 32.1. The van der Waals surface area contributed by atoms with Crippen LogP contribution in [0, 0.1) is 5.92 Å². The molecule has 3 rings (SSSR count). The minimum Gasteiger partial charge on any atom is -0.462 e. The zero-order chi connectivity index (χ0) is 16.9. The van der Waals surface area contributed by atoms with Crippen molar-refractivity contribution < 1.29 is 19.1 Å². The van der Waals surface area contributed by atoms with Crippen LogP contribution in [0.25, 0.3) is 0 Å². The largest absolute Gasteiger partial charge is 0.462 e. The van der Waals surface area contributed by atoms with Gasteiger partial charge in [0.05, 0.1) is 25.4 Å². The van der Waals surface area contributed by atoms with Gasteiger partial charge in [0.1, 0.15) is 5.00 Å². The molecular weight excluding hydrogens is 326 g/mol. The first-order chi connectivity index (χ1) is 11.7. The van der Waals surface area contributed by atoms with Gasteiger partial charge >= 0.3 is 5.97 Å². The van der Waals surface area contributed by atoms with Crippen molar-refractivity contribution in [2.45, 2.75) is 58.5 Å². The number of fused-ring (bicyclic) bond motifs is 1. The third kappa shape index (κ3) is 3.81. The average Bonchev–Trinajstić information content (AvgIpc) is 2.74. The molecule has 1 amide bonds. The van der Waals surface area contributed by atoms with E-state index in [4.69, 9.17) is 9.47 Å². The summed E-state index contributed by atoms with van der Waals surface area (Å²) >= 11 is 1.46. The molecule has 0 bridgehead atoms. The highest BCUT2D eigenvalue weighted by Crippen LogP contribution is 2.37. The molecule has 2 heterocycles. The van der Waals surface area contributed by atoms with Gasteiger partial charge in [-0.2, -0.15) is 0 Å². The molecule has 0 saturated heterocycles. The van der Waals surface area contributed by atoms with Crippen molar-refractivity contribution >= 4 is 28.2 Å². The van der Waals surface area contributed by atoms with Crippen molar-refractivity contribution in [3.8, 4) is 0 Å². The van der Waals surface area contributed by atoms with Gasteiger partial charge in [-0.05, 0) is 31.7 Å². The molecule has 5 nitrogen and oxygen atoms in total. The summed E-state index contributed by atoms with van der Waals surface area (Å²) < 4.78 is 10.7. The first-order valence-electron chi connectivity index (χ1n) is 8.91. The normalized spacial score (nSPS) is 18.5. The van der Waals surface area contributed by atoms with E-state index in [0.29, 0.717) is 36.8 Å². The van der Waals surface area contributed by atoms with Crippen molar-refractivity contribution in [1.82, 2.24) is 0 Å². The van der Waals surface area contributed by atoms with Gasteiger partial charge in [0.15, 0.2) is 0 Å². The van der Waals surface area contributed by atoms with Crippen LogP contribution in [0.3, 0.4) is 0 Å². The van der Waals surface area contributed by atoms with Crippen LogP contribution in [0.2, 0.25) is 0 Å². The van der Waals surface area contributed by atoms with E-state index in [9.17, 15) is 9.59 Å². The Balaban J connectivity index is 1.82. The van der Waals surface area contributed by atoms with Crippen molar-refractivity contribution in [1.29, 1.82) is 0 Å². The number of carbonyl (C=O) groups excluding carboxylic acids is 2. The number of nitrogens with one attached hydrogen (secondary N) is 1. The molecule has 1 N–H and O–H groups in total. The second-order valence-electron chi connectivity index (χ2n) is 6.41. The van der Waals surface area contributed by atoms with Crippen molar-refractivity contribution in [2.24, 2.45) is 5.92 Å². The quantitative estimate of drug-likeness (QED) is 0.660. The summed E-state index contributed by atoms with van der Waals surface area (Å²) in [7, 11) is 0. The standard InChI is InChI=1S/C18H25NO4S/c1-2-23-18(21)15-13-9-10-22-11-14(13)24-17(15)19-16(20)12-7-5-3-4-6-8-12/h12H,2-11H2,1H3,(H,19,20). The molecule has 6 heteroatoms. The Hall–Kier alpha value is -1.40. The van der Waals surface area contributed by atoms with Crippen LogP contribution >= 0.6 is 11.3 Å². The Kier molecular flexibility index (Phi) is 5.89. The Morgan fingerprint density at radius 2 is 2.00 bits per heavy atom. The van der Waals surface area contributed by atoms with Gasteiger partial charge in [0.25, 0.3) is 0 Å². The second kappa shape index (κ2) is 8.12. The number of rotatable bonds is 4. The molecule has 1 aliphatic carbocycles. The maximum absolute atomic E-state index is 12.7. The van der Waals surface area contributed by atoms with Crippen LogP contribution in [0.1, 0.15) is 66.2 Å². The number of amides is 1. The lowest BCUT2D eigenvalue weighted by Gasteiger charge is -2.15. The number of anilines is 1. The van der Waals surface area contributed by atoms with E-state index >= 15 is 0 Å². The monoisotopic (exact) mass is 351 g/mol. The van der Waals surface area contributed by atoms with Crippen LogP contribution in [-0.4, -0.2) is 25.1 Å². The molecular formula is C18H25NO4S. The zero-order valence-electron chi connectivity index (χ0n) is 14.2. The van der Waals surface area contributed by atoms with Gasteiger partial charge in [-0.1, -0.05) is 25.7 Å². The van der Waals surface area contributed by atoms with Crippen molar-refractivity contribution in [2.75, 3.05) is 18.5 Å². The van der Waals surface area contributed by atoms with Crippen molar-refractivity contribution in [3.05, 3.63) is 16.0 Å². The number of carbonyl (C=O) groups is 2. The number of esters is 1. The fourth-order valence-corrected chi connectivity index (χ4v) is 4.67. The molecule has 1 aromatic heterocycles. The van der Waals surface area contributed by atoms with Crippen molar-refractivity contribution in [3.63, 3.8) is 0 Å². The molecule has 1 fully saturated rings. The molecule has 0 radical (unpaired) electrons. The van der Waals surface area contributed by atoms with Gasteiger partial charge in [-0.3, -0.25) is 4.79 Å². The highest BCUT2D eigenvalue weighted by Gasteiger charge is 2.29. The lowest BCUT2D eigenvalue weighted by atomic mass is 9.99. The molecule has 1 aromatic rings. The molecule has 0 aromatic carbocycles. The van der Waals surface area contributed by atoms with E-state index in [0.717, 1.165) is 36.1 Å². The molecule has 1 saturated carbocycles. The van der Waals surface area contributed by atoms with E-state index in [-0.39, 0.29) is 17.8 Å². The zero-order valence-corrected chi connectivity index (χ0v) is 15.0. The molecule has 2 aliphatic rings. The molecule has 132 valence electrons. The van der Waals surface area contributed by atoms with Gasteiger partial charge < -0.3 is 14.8 Å². The smallest absolute Gasteiger partial charge is 0.341 e. The summed E-state index contributed by atoms with van der Waals surface area (Å²) in [6, 6.07) is 0. The summed E-state index contributed by atoms with van der Waals surface area (Å²) in [5, 5.41) is 3.66. The predicted octanol–water partition coefficient (Wildman–Crippen LogP) is 3.91. The molecule has 24 heavy (non-hydrogen) atoms. The number of hydrogen-bond acceptors (Lipinski definition) is 5. The number of thiophene rings is 1. The molecule has 0 atom stereocenters. The third-order valence-corrected chi connectivity index (χ3v) is 5.88. The first-order valence-corrected chi connectivity index (χ1v) is 9.72. The van der Waals surface area contributed by atoms with Gasteiger partial charge in [-0.25, -0.2) is 4.79 Å². The van der Waals surface area contributed by atoms with Gasteiger partial charge in [0.2, 0.25) is 5.91 Å². The first kappa shape index (κ1) is 17.4. The second-order valence-corrected chi connectivity index (χ2v) is 7.51. The summed E-state index contributed by atoms with van der Waals surface area (Å²) in [6.07, 6.45) is 7.21. The summed E-state index contributed by atoms with van der Waals surface area (Å²) in [5.74, 6) is -0.243. The Labute approximate surface area is 146 Å². The average molecular weight is 351 g/mol. The van der Waals surface area contributed by atoms with Crippen LogP contribution < -0.4 is 5.32 Å². The molecule has 1 aliphatic heterocycles. The minimum atomic E-state index is -0.340. The minimum absolute atomic E-state index is 0.0435. The van der Waals surface area contributed by atoms with Crippen LogP contribution in [0.15, 0.2) is 0 Å². The van der Waals surface area contributed by atoms with Crippen LogP contribution in [0.5, 0.6) is 0 Å².